The second kappa shape index (κ2) is 7.49. The van der Waals surface area contributed by atoms with Crippen LogP contribution in [0.25, 0.3) is 10.9 Å². The number of nitrogens with zero attached hydrogens (tertiary/aromatic N) is 2. The summed E-state index contributed by atoms with van der Waals surface area (Å²) in [5.41, 5.74) is 0.963. The van der Waals surface area contributed by atoms with Crippen LogP contribution in [0.4, 0.5) is 0 Å². The van der Waals surface area contributed by atoms with E-state index in [2.05, 4.69) is 0 Å². The number of benzene rings is 1. The van der Waals surface area contributed by atoms with Crippen molar-refractivity contribution in [2.75, 3.05) is 27.2 Å². The third-order valence-electron chi connectivity index (χ3n) is 3.76. The summed E-state index contributed by atoms with van der Waals surface area (Å²) in [4.78, 5) is 25.6. The van der Waals surface area contributed by atoms with Gasteiger partial charge in [-0.1, -0.05) is 6.07 Å². The minimum Gasteiger partial charge on any atom is -0.490 e. The van der Waals surface area contributed by atoms with Gasteiger partial charge in [-0.05, 0) is 40.1 Å². The molecule has 6 heteroatoms. The summed E-state index contributed by atoms with van der Waals surface area (Å²) in [7, 11) is 3.92. The summed E-state index contributed by atoms with van der Waals surface area (Å²) in [5, 5.41) is 9.70. The Morgan fingerprint density at radius 2 is 2.04 bits per heavy atom. The molecule has 2 rings (SSSR count). The zero-order valence-corrected chi connectivity index (χ0v) is 14.6. The first-order chi connectivity index (χ1) is 11.3. The molecule has 0 unspecified atom stereocenters. The summed E-state index contributed by atoms with van der Waals surface area (Å²) < 4.78 is 7.77. The summed E-state index contributed by atoms with van der Waals surface area (Å²) in [6, 6.07) is 6.78. The number of hydrogen-bond donors (Lipinski definition) is 1. The molecule has 0 amide bonds. The highest BCUT2D eigenvalue weighted by Crippen LogP contribution is 2.28. The first-order valence-corrected chi connectivity index (χ1v) is 7.97. The van der Waals surface area contributed by atoms with Crippen molar-refractivity contribution < 1.29 is 14.6 Å². The van der Waals surface area contributed by atoms with Gasteiger partial charge in [-0.25, -0.2) is 0 Å². The minimum atomic E-state index is -0.964. The van der Waals surface area contributed by atoms with Gasteiger partial charge in [0, 0.05) is 29.7 Å². The molecule has 0 saturated carbocycles. The fourth-order valence-electron chi connectivity index (χ4n) is 2.75. The average molecular weight is 332 g/mol. The van der Waals surface area contributed by atoms with Crippen molar-refractivity contribution >= 4 is 16.9 Å². The molecule has 2 aromatic rings. The molecule has 1 heterocycles. The summed E-state index contributed by atoms with van der Waals surface area (Å²) in [6.45, 7) is 5.16. The highest BCUT2D eigenvalue weighted by atomic mass is 16.5. The van der Waals surface area contributed by atoms with E-state index in [1.165, 1.54) is 6.07 Å². The van der Waals surface area contributed by atoms with E-state index in [9.17, 15) is 9.59 Å². The maximum atomic E-state index is 12.4. The van der Waals surface area contributed by atoms with Crippen LogP contribution in [0.1, 0.15) is 25.6 Å². The fraction of sp³-hybridized carbons (Fsp3) is 0.444. The lowest BCUT2D eigenvalue weighted by atomic mass is 10.1. The van der Waals surface area contributed by atoms with E-state index in [4.69, 9.17) is 9.84 Å². The van der Waals surface area contributed by atoms with Crippen LogP contribution in [0.3, 0.4) is 0 Å². The molecule has 1 aromatic carbocycles. The van der Waals surface area contributed by atoms with Crippen LogP contribution >= 0.6 is 0 Å². The molecule has 0 atom stereocenters. The van der Waals surface area contributed by atoms with E-state index in [0.717, 1.165) is 6.54 Å². The number of ether oxygens (including phenoxy) is 1. The summed E-state index contributed by atoms with van der Waals surface area (Å²) in [6.07, 6.45) is -0.199. The minimum absolute atomic E-state index is 0.000971. The van der Waals surface area contributed by atoms with E-state index in [-0.39, 0.29) is 17.9 Å². The monoisotopic (exact) mass is 332 g/mol. The molecule has 6 nitrogen and oxygen atoms in total. The molecule has 0 bridgehead atoms. The molecular weight excluding hydrogens is 308 g/mol. The number of fused-ring (bicyclic) bond motifs is 1. The number of likely N-dealkylation sites (N-methyl/N-ethyl adjacent to an activating group) is 1. The molecule has 0 aliphatic heterocycles. The van der Waals surface area contributed by atoms with Crippen molar-refractivity contribution in [3.05, 3.63) is 40.2 Å². The molecule has 0 aliphatic carbocycles. The molecule has 1 N–H and O–H groups in total. The molecule has 0 spiro atoms. The number of carboxylic acid groups (broad SMARTS) is 1. The largest absolute Gasteiger partial charge is 0.490 e. The van der Waals surface area contributed by atoms with Crippen LogP contribution in [0.15, 0.2) is 29.1 Å². The molecule has 130 valence electrons. The van der Waals surface area contributed by atoms with Gasteiger partial charge in [0.05, 0.1) is 11.9 Å². The number of aromatic nitrogens is 1. The number of hydrogen-bond acceptors (Lipinski definition) is 4. The van der Waals surface area contributed by atoms with E-state index in [0.29, 0.717) is 29.0 Å². The van der Waals surface area contributed by atoms with Gasteiger partial charge < -0.3 is 19.3 Å². The Labute approximate surface area is 141 Å². The van der Waals surface area contributed by atoms with Crippen molar-refractivity contribution in [1.82, 2.24) is 9.47 Å². The van der Waals surface area contributed by atoms with Crippen LogP contribution in [0, 0.1) is 0 Å². The van der Waals surface area contributed by atoms with Gasteiger partial charge in [-0.3, -0.25) is 9.59 Å². The van der Waals surface area contributed by atoms with Crippen LogP contribution in [0.2, 0.25) is 0 Å². The first-order valence-electron chi connectivity index (χ1n) is 7.97. The maximum Gasteiger partial charge on any atom is 0.309 e. The third kappa shape index (κ3) is 3.94. The Balaban J connectivity index is 2.64. The number of aliphatic carboxylic acids is 1. The second-order valence-electron chi connectivity index (χ2n) is 6.34. The molecule has 1 aromatic heterocycles. The predicted octanol–water partition coefficient (Wildman–Crippen LogP) is 2.15. The Kier molecular flexibility index (Phi) is 5.62. The lowest BCUT2D eigenvalue weighted by molar-refractivity contribution is -0.136. The quantitative estimate of drug-likeness (QED) is 0.841. The van der Waals surface area contributed by atoms with Crippen LogP contribution in [-0.2, 0) is 11.2 Å². The normalized spacial score (nSPS) is 11.4. The Bertz CT molecular complexity index is 793. The summed E-state index contributed by atoms with van der Waals surface area (Å²) >= 11 is 0. The molecule has 0 saturated heterocycles. The van der Waals surface area contributed by atoms with Gasteiger partial charge in [0.25, 0.3) is 0 Å². The first kappa shape index (κ1) is 18.0. The zero-order chi connectivity index (χ0) is 17.9. The highest BCUT2D eigenvalue weighted by Gasteiger charge is 2.17. The van der Waals surface area contributed by atoms with Crippen molar-refractivity contribution in [2.45, 2.75) is 26.3 Å². The van der Waals surface area contributed by atoms with Gasteiger partial charge in [0.15, 0.2) is 5.43 Å². The van der Waals surface area contributed by atoms with Gasteiger partial charge in [-0.2, -0.15) is 0 Å². The number of carbonyl (C=O) groups is 1. The van der Waals surface area contributed by atoms with Crippen LogP contribution in [-0.4, -0.2) is 47.8 Å². The number of para-hydroxylation sites is 1. The smallest absolute Gasteiger partial charge is 0.309 e. The van der Waals surface area contributed by atoms with E-state index < -0.39 is 5.97 Å². The van der Waals surface area contributed by atoms with Gasteiger partial charge in [-0.15, -0.1) is 0 Å². The van der Waals surface area contributed by atoms with Gasteiger partial charge in [0.1, 0.15) is 12.4 Å². The van der Waals surface area contributed by atoms with E-state index >= 15 is 0 Å². The second-order valence-corrected chi connectivity index (χ2v) is 6.34. The molecule has 24 heavy (non-hydrogen) atoms. The van der Waals surface area contributed by atoms with Crippen molar-refractivity contribution in [2.24, 2.45) is 0 Å². The van der Waals surface area contributed by atoms with Gasteiger partial charge >= 0.3 is 5.97 Å². The topological polar surface area (TPSA) is 71.8 Å². The number of rotatable bonds is 7. The summed E-state index contributed by atoms with van der Waals surface area (Å²) in [5.74, 6) is -0.360. The average Bonchev–Trinajstić information content (AvgIpc) is 2.46. The van der Waals surface area contributed by atoms with Gasteiger partial charge in [0.2, 0.25) is 0 Å². The van der Waals surface area contributed by atoms with Crippen LogP contribution in [0.5, 0.6) is 5.75 Å². The maximum absolute atomic E-state index is 12.4. The lowest BCUT2D eigenvalue weighted by Gasteiger charge is -2.22. The molecular formula is C18H24N2O4. The van der Waals surface area contributed by atoms with Crippen molar-refractivity contribution in [3.63, 3.8) is 0 Å². The Morgan fingerprint density at radius 1 is 1.33 bits per heavy atom. The zero-order valence-electron chi connectivity index (χ0n) is 14.6. The standard InChI is InChI=1S/C18H24N2O4/c1-12(2)20-13(11-17(22)23)10-15(21)14-6-5-7-16(18(14)20)24-9-8-19(3)4/h5-7,10,12H,8-9,11H2,1-4H3,(H,22,23). The van der Waals surface area contributed by atoms with Crippen molar-refractivity contribution in [1.29, 1.82) is 0 Å². The highest BCUT2D eigenvalue weighted by molar-refractivity contribution is 5.86. The molecule has 0 fully saturated rings. The fourth-order valence-corrected chi connectivity index (χ4v) is 2.75. The third-order valence-corrected chi connectivity index (χ3v) is 3.76. The number of carboxylic acids is 1. The predicted molar refractivity (Wildman–Crippen MR) is 94.0 cm³/mol. The molecule has 0 aliphatic rings. The number of pyridine rings is 1. The Hall–Kier alpha value is -2.34. The van der Waals surface area contributed by atoms with Crippen LogP contribution < -0.4 is 10.2 Å². The molecule has 0 radical (unpaired) electrons. The SMILES string of the molecule is CC(C)n1c(CC(=O)O)cc(=O)c2cccc(OCCN(C)C)c21. The lowest BCUT2D eigenvalue weighted by Crippen LogP contribution is -2.21. The van der Waals surface area contributed by atoms with E-state index in [1.807, 2.05) is 43.5 Å². The Morgan fingerprint density at radius 3 is 2.62 bits per heavy atom. The van der Waals surface area contributed by atoms with Crippen molar-refractivity contribution in [3.8, 4) is 5.75 Å². The van der Waals surface area contributed by atoms with E-state index in [1.54, 1.807) is 12.1 Å².